The summed E-state index contributed by atoms with van der Waals surface area (Å²) >= 11 is 0. The summed E-state index contributed by atoms with van der Waals surface area (Å²) in [7, 11) is 1.87. The number of nitrogens with zero attached hydrogens (tertiary/aromatic N) is 1. The van der Waals surface area contributed by atoms with Crippen molar-refractivity contribution in [2.24, 2.45) is 7.05 Å². The van der Waals surface area contributed by atoms with Crippen molar-refractivity contribution in [1.29, 1.82) is 0 Å². The van der Waals surface area contributed by atoms with Gasteiger partial charge in [-0.1, -0.05) is 12.8 Å². The van der Waals surface area contributed by atoms with Gasteiger partial charge >= 0.3 is 5.97 Å². The Morgan fingerprint density at radius 3 is 2.47 bits per heavy atom. The number of carboxylic acid groups (broad SMARTS) is 1. The van der Waals surface area contributed by atoms with Crippen LogP contribution in [-0.2, 0) is 11.8 Å². The van der Waals surface area contributed by atoms with E-state index in [9.17, 15) is 9.59 Å². The Balaban J connectivity index is 2.14. The van der Waals surface area contributed by atoms with E-state index in [4.69, 9.17) is 5.11 Å². The second-order valence-corrected chi connectivity index (χ2v) is 4.73. The Morgan fingerprint density at radius 1 is 1.21 bits per heavy atom. The molecule has 1 heterocycles. The van der Waals surface area contributed by atoms with Crippen LogP contribution in [0.2, 0.25) is 0 Å². The van der Waals surface area contributed by atoms with Crippen LogP contribution in [0.5, 0.6) is 0 Å². The minimum atomic E-state index is -0.743. The molecule has 0 fully saturated rings. The number of hydrogen-bond acceptors (Lipinski definition) is 2. The number of aliphatic carboxylic acids is 1. The molecular weight excluding hydrogens is 244 g/mol. The summed E-state index contributed by atoms with van der Waals surface area (Å²) in [5.74, 6) is -0.798. The monoisotopic (exact) mass is 266 g/mol. The van der Waals surface area contributed by atoms with E-state index in [2.05, 4.69) is 5.32 Å². The number of aryl methyl sites for hydroxylation is 1. The highest BCUT2D eigenvalue weighted by Gasteiger charge is 2.09. The van der Waals surface area contributed by atoms with Gasteiger partial charge in [0.05, 0.1) is 0 Å². The first kappa shape index (κ1) is 15.3. The molecule has 0 bridgehead atoms. The zero-order chi connectivity index (χ0) is 14.3. The van der Waals surface area contributed by atoms with Crippen LogP contribution in [0, 0.1) is 6.92 Å². The summed E-state index contributed by atoms with van der Waals surface area (Å²) in [5.41, 5.74) is 1.72. The van der Waals surface area contributed by atoms with Gasteiger partial charge < -0.3 is 15.0 Å². The van der Waals surface area contributed by atoms with Crippen molar-refractivity contribution in [3.8, 4) is 0 Å². The van der Waals surface area contributed by atoms with Crippen LogP contribution in [0.25, 0.3) is 0 Å². The Morgan fingerprint density at radius 2 is 1.89 bits per heavy atom. The Kier molecular flexibility index (Phi) is 6.12. The van der Waals surface area contributed by atoms with Gasteiger partial charge in [0.2, 0.25) is 0 Å². The molecule has 0 unspecified atom stereocenters. The van der Waals surface area contributed by atoms with E-state index in [-0.39, 0.29) is 12.3 Å². The van der Waals surface area contributed by atoms with Crippen molar-refractivity contribution < 1.29 is 14.7 Å². The summed E-state index contributed by atoms with van der Waals surface area (Å²) in [6, 6.07) is 3.73. The largest absolute Gasteiger partial charge is 0.481 e. The van der Waals surface area contributed by atoms with Crippen molar-refractivity contribution in [2.45, 2.75) is 39.0 Å². The molecule has 106 valence electrons. The van der Waals surface area contributed by atoms with E-state index in [1.807, 2.05) is 30.7 Å². The number of rotatable bonds is 8. The van der Waals surface area contributed by atoms with Gasteiger partial charge in [0.15, 0.2) is 0 Å². The minimum Gasteiger partial charge on any atom is -0.481 e. The minimum absolute atomic E-state index is 0.0545. The van der Waals surface area contributed by atoms with E-state index in [0.29, 0.717) is 18.7 Å². The molecule has 0 aliphatic rings. The molecule has 5 nitrogen and oxygen atoms in total. The number of unbranched alkanes of at least 4 members (excludes halogenated alkanes) is 3. The zero-order valence-corrected chi connectivity index (χ0v) is 11.6. The van der Waals surface area contributed by atoms with Crippen LogP contribution in [0.1, 0.15) is 48.3 Å². The normalized spacial score (nSPS) is 10.4. The zero-order valence-electron chi connectivity index (χ0n) is 11.6. The van der Waals surface area contributed by atoms with Gasteiger partial charge in [0.1, 0.15) is 5.69 Å². The highest BCUT2D eigenvalue weighted by atomic mass is 16.4. The lowest BCUT2D eigenvalue weighted by atomic mass is 10.1. The van der Waals surface area contributed by atoms with Crippen LogP contribution in [-0.4, -0.2) is 28.1 Å². The number of carbonyl (C=O) groups excluding carboxylic acids is 1. The molecule has 0 atom stereocenters. The Bertz CT molecular complexity index is 438. The standard InChI is InChI=1S/C14H22N2O3/c1-11-8-9-12(16(11)2)14(19)15-10-6-4-3-5-7-13(17)18/h8-9H,3-7,10H2,1-2H3,(H,15,19)(H,17,18). The fraction of sp³-hybridized carbons (Fsp3) is 0.571. The molecule has 0 radical (unpaired) electrons. The highest BCUT2D eigenvalue weighted by molar-refractivity contribution is 5.92. The molecule has 0 spiro atoms. The molecule has 0 aliphatic heterocycles. The molecule has 2 N–H and O–H groups in total. The average Bonchev–Trinajstić information content (AvgIpc) is 2.68. The maximum Gasteiger partial charge on any atom is 0.303 e. The molecule has 5 heteroatoms. The molecule has 0 saturated carbocycles. The number of nitrogens with one attached hydrogen (secondary N) is 1. The van der Waals surface area contributed by atoms with Crippen molar-refractivity contribution in [3.63, 3.8) is 0 Å². The third kappa shape index (κ3) is 5.16. The molecule has 0 aliphatic carbocycles. The lowest BCUT2D eigenvalue weighted by Crippen LogP contribution is -2.26. The Labute approximate surface area is 113 Å². The third-order valence-electron chi connectivity index (χ3n) is 3.21. The summed E-state index contributed by atoms with van der Waals surface area (Å²) < 4.78 is 1.86. The molecule has 1 aromatic rings. The first-order valence-corrected chi connectivity index (χ1v) is 6.64. The fourth-order valence-electron chi connectivity index (χ4n) is 1.89. The number of hydrogen-bond donors (Lipinski definition) is 2. The average molecular weight is 266 g/mol. The van der Waals surface area contributed by atoms with Gasteiger partial charge in [-0.25, -0.2) is 0 Å². The van der Waals surface area contributed by atoms with Crippen LogP contribution in [0.3, 0.4) is 0 Å². The predicted molar refractivity (Wildman–Crippen MR) is 73.2 cm³/mol. The maximum absolute atomic E-state index is 11.8. The Hall–Kier alpha value is -1.78. The van der Waals surface area contributed by atoms with Crippen molar-refractivity contribution in [2.75, 3.05) is 6.54 Å². The third-order valence-corrected chi connectivity index (χ3v) is 3.21. The smallest absolute Gasteiger partial charge is 0.303 e. The number of amides is 1. The van der Waals surface area contributed by atoms with E-state index in [1.54, 1.807) is 0 Å². The number of carbonyl (C=O) groups is 2. The lowest BCUT2D eigenvalue weighted by Gasteiger charge is -2.07. The second-order valence-electron chi connectivity index (χ2n) is 4.73. The summed E-state index contributed by atoms with van der Waals surface area (Å²) in [6.45, 7) is 2.59. The SMILES string of the molecule is Cc1ccc(C(=O)NCCCCCCC(=O)O)n1C. The van der Waals surface area contributed by atoms with Gasteiger partial charge in [-0.05, 0) is 31.9 Å². The molecule has 0 saturated heterocycles. The van der Waals surface area contributed by atoms with Crippen molar-refractivity contribution in [3.05, 3.63) is 23.5 Å². The molecular formula is C14H22N2O3. The number of carboxylic acids is 1. The van der Waals surface area contributed by atoms with Crippen molar-refractivity contribution in [1.82, 2.24) is 9.88 Å². The quantitative estimate of drug-likeness (QED) is 0.708. The summed E-state index contributed by atoms with van der Waals surface area (Å²) in [5, 5.41) is 11.4. The number of aromatic nitrogens is 1. The van der Waals surface area contributed by atoms with E-state index in [0.717, 1.165) is 25.0 Å². The van der Waals surface area contributed by atoms with Gasteiger partial charge in [-0.15, -0.1) is 0 Å². The topological polar surface area (TPSA) is 71.3 Å². The molecule has 1 aromatic heterocycles. The van der Waals surface area contributed by atoms with E-state index in [1.165, 1.54) is 0 Å². The lowest BCUT2D eigenvalue weighted by molar-refractivity contribution is -0.137. The van der Waals surface area contributed by atoms with Gasteiger partial charge in [0.25, 0.3) is 5.91 Å². The fourth-order valence-corrected chi connectivity index (χ4v) is 1.89. The maximum atomic E-state index is 11.8. The highest BCUT2D eigenvalue weighted by Crippen LogP contribution is 2.06. The van der Waals surface area contributed by atoms with Gasteiger partial charge in [0, 0.05) is 25.7 Å². The van der Waals surface area contributed by atoms with E-state index >= 15 is 0 Å². The van der Waals surface area contributed by atoms with Crippen molar-refractivity contribution >= 4 is 11.9 Å². The first-order valence-electron chi connectivity index (χ1n) is 6.64. The molecule has 0 aromatic carbocycles. The second kappa shape index (κ2) is 7.61. The predicted octanol–water partition coefficient (Wildman–Crippen LogP) is 2.10. The van der Waals surface area contributed by atoms with Gasteiger partial charge in [-0.3, -0.25) is 9.59 Å². The molecule has 19 heavy (non-hydrogen) atoms. The van der Waals surface area contributed by atoms with E-state index < -0.39 is 5.97 Å². The van der Waals surface area contributed by atoms with Crippen LogP contribution >= 0.6 is 0 Å². The molecule has 1 amide bonds. The summed E-state index contributed by atoms with van der Waals surface area (Å²) in [4.78, 5) is 22.2. The molecule has 1 rings (SSSR count). The van der Waals surface area contributed by atoms with Gasteiger partial charge in [-0.2, -0.15) is 0 Å². The van der Waals surface area contributed by atoms with Crippen LogP contribution in [0.4, 0.5) is 0 Å². The van der Waals surface area contributed by atoms with Crippen LogP contribution < -0.4 is 5.32 Å². The van der Waals surface area contributed by atoms with Crippen LogP contribution in [0.15, 0.2) is 12.1 Å². The summed E-state index contributed by atoms with van der Waals surface area (Å²) in [6.07, 6.45) is 3.66. The first-order chi connectivity index (χ1) is 9.02.